The summed E-state index contributed by atoms with van der Waals surface area (Å²) in [5.74, 6) is -0.668. The van der Waals surface area contributed by atoms with Crippen molar-refractivity contribution in [1.82, 2.24) is 5.32 Å². The number of methoxy groups -OCH3 is 1. The maximum atomic E-state index is 13.0. The van der Waals surface area contributed by atoms with Crippen LogP contribution in [0.25, 0.3) is 11.3 Å². The van der Waals surface area contributed by atoms with Crippen molar-refractivity contribution >= 4 is 34.5 Å². The lowest BCUT2D eigenvalue weighted by molar-refractivity contribution is -0.110. The quantitative estimate of drug-likeness (QED) is 0.390. The predicted molar refractivity (Wildman–Crippen MR) is 127 cm³/mol. The molecule has 6 nitrogen and oxygen atoms in total. The molecule has 1 heterocycles. The van der Waals surface area contributed by atoms with Crippen LogP contribution in [0.1, 0.15) is 27.0 Å². The summed E-state index contributed by atoms with van der Waals surface area (Å²) in [7, 11) is 3.27. The van der Waals surface area contributed by atoms with Crippen LogP contribution in [0.5, 0.6) is 0 Å². The first-order valence-electron chi connectivity index (χ1n) is 10.4. The summed E-state index contributed by atoms with van der Waals surface area (Å²) in [6, 6.07) is 23.0. The Morgan fingerprint density at radius 1 is 0.969 bits per heavy atom. The third kappa shape index (κ3) is 4.40. The molecule has 162 valence electrons. The first kappa shape index (κ1) is 21.3. The molecule has 0 fully saturated rings. The Morgan fingerprint density at radius 2 is 1.72 bits per heavy atom. The molecule has 6 heteroatoms. The standard InChI is InChI=1S/C26H25N3O3/c1-27-15-14-17-8-11-20(12-9-17)28-24(18-6-4-3-5-7-18)23-21-13-10-19(26(31)32-2)16-22(21)29-25(23)30/h3-13,16,27-28H,14-15H2,1-2H3,(H,29,30)/b24-23-. The fourth-order valence-corrected chi connectivity index (χ4v) is 3.72. The van der Waals surface area contributed by atoms with Gasteiger partial charge in [0.2, 0.25) is 0 Å². The number of hydrogen-bond donors (Lipinski definition) is 3. The molecule has 0 aliphatic carbocycles. The summed E-state index contributed by atoms with van der Waals surface area (Å²) >= 11 is 0. The van der Waals surface area contributed by atoms with Crippen molar-refractivity contribution in [3.63, 3.8) is 0 Å². The number of amides is 1. The van der Waals surface area contributed by atoms with Gasteiger partial charge in [0, 0.05) is 11.3 Å². The van der Waals surface area contributed by atoms with E-state index in [1.165, 1.54) is 12.7 Å². The molecule has 0 saturated heterocycles. The number of ether oxygens (including phenoxy) is 1. The average molecular weight is 428 g/mol. The minimum absolute atomic E-state index is 0.223. The lowest BCUT2D eigenvalue weighted by Gasteiger charge is -2.15. The lowest BCUT2D eigenvalue weighted by atomic mass is 9.99. The molecule has 0 saturated carbocycles. The van der Waals surface area contributed by atoms with Crippen LogP contribution in [0.3, 0.4) is 0 Å². The van der Waals surface area contributed by atoms with E-state index in [4.69, 9.17) is 4.74 Å². The molecule has 3 aromatic carbocycles. The highest BCUT2D eigenvalue weighted by molar-refractivity contribution is 6.37. The topological polar surface area (TPSA) is 79.5 Å². The number of carbonyl (C=O) groups is 2. The zero-order valence-electron chi connectivity index (χ0n) is 18.1. The highest BCUT2D eigenvalue weighted by Gasteiger charge is 2.29. The Labute approximate surface area is 187 Å². The molecule has 0 unspecified atom stereocenters. The van der Waals surface area contributed by atoms with Crippen molar-refractivity contribution < 1.29 is 14.3 Å². The number of carbonyl (C=O) groups excluding carboxylic acids is 2. The number of nitrogens with one attached hydrogen (secondary N) is 3. The molecule has 0 bridgehead atoms. The van der Waals surface area contributed by atoms with Crippen LogP contribution in [0, 0.1) is 0 Å². The molecule has 32 heavy (non-hydrogen) atoms. The second-order valence-electron chi connectivity index (χ2n) is 7.50. The molecular weight excluding hydrogens is 402 g/mol. The van der Waals surface area contributed by atoms with Gasteiger partial charge >= 0.3 is 5.97 Å². The highest BCUT2D eigenvalue weighted by atomic mass is 16.5. The minimum atomic E-state index is -0.445. The van der Waals surface area contributed by atoms with E-state index in [2.05, 4.69) is 28.1 Å². The molecule has 3 N–H and O–H groups in total. The summed E-state index contributed by atoms with van der Waals surface area (Å²) in [6.45, 7) is 0.913. The Kier molecular flexibility index (Phi) is 6.33. The molecular formula is C26H25N3O3. The third-order valence-corrected chi connectivity index (χ3v) is 5.38. The Morgan fingerprint density at radius 3 is 2.41 bits per heavy atom. The molecule has 0 atom stereocenters. The fourth-order valence-electron chi connectivity index (χ4n) is 3.72. The summed E-state index contributed by atoms with van der Waals surface area (Å²) in [4.78, 5) is 24.9. The summed E-state index contributed by atoms with van der Waals surface area (Å²) in [6.07, 6.45) is 0.946. The number of anilines is 2. The Bertz CT molecular complexity index is 1170. The van der Waals surface area contributed by atoms with Gasteiger partial charge in [-0.25, -0.2) is 4.79 Å². The first-order chi connectivity index (χ1) is 15.6. The van der Waals surface area contributed by atoms with Gasteiger partial charge in [0.1, 0.15) is 0 Å². The van der Waals surface area contributed by atoms with Crippen molar-refractivity contribution in [3.05, 3.63) is 95.1 Å². The molecule has 1 aliphatic rings. The molecule has 1 aliphatic heterocycles. The monoisotopic (exact) mass is 427 g/mol. The largest absolute Gasteiger partial charge is 0.465 e. The highest BCUT2D eigenvalue weighted by Crippen LogP contribution is 2.38. The van der Waals surface area contributed by atoms with Gasteiger partial charge < -0.3 is 20.7 Å². The maximum Gasteiger partial charge on any atom is 0.337 e. The number of fused-ring (bicyclic) bond motifs is 1. The van der Waals surface area contributed by atoms with Gasteiger partial charge in [0.15, 0.2) is 0 Å². The van der Waals surface area contributed by atoms with Crippen molar-refractivity contribution in [1.29, 1.82) is 0 Å². The normalized spacial score (nSPS) is 13.9. The maximum absolute atomic E-state index is 13.0. The number of likely N-dealkylation sites (N-methyl/N-ethyl adjacent to an activating group) is 1. The minimum Gasteiger partial charge on any atom is -0.465 e. The van der Waals surface area contributed by atoms with Crippen LogP contribution in [0.2, 0.25) is 0 Å². The molecule has 4 rings (SSSR count). The summed E-state index contributed by atoms with van der Waals surface area (Å²) in [5.41, 5.74) is 5.96. The second kappa shape index (κ2) is 9.49. The van der Waals surface area contributed by atoms with Crippen molar-refractivity contribution in [3.8, 4) is 0 Å². The van der Waals surface area contributed by atoms with E-state index in [1.54, 1.807) is 18.2 Å². The van der Waals surface area contributed by atoms with Crippen LogP contribution < -0.4 is 16.0 Å². The van der Waals surface area contributed by atoms with Gasteiger partial charge in [-0.05, 0) is 55.4 Å². The van der Waals surface area contributed by atoms with Gasteiger partial charge in [-0.2, -0.15) is 0 Å². The van der Waals surface area contributed by atoms with Gasteiger partial charge in [0.25, 0.3) is 5.91 Å². The third-order valence-electron chi connectivity index (χ3n) is 5.38. The number of rotatable bonds is 7. The van der Waals surface area contributed by atoms with Crippen molar-refractivity contribution in [2.24, 2.45) is 0 Å². The molecule has 3 aromatic rings. The van der Waals surface area contributed by atoms with Crippen molar-refractivity contribution in [2.45, 2.75) is 6.42 Å². The van der Waals surface area contributed by atoms with E-state index >= 15 is 0 Å². The van der Waals surface area contributed by atoms with Gasteiger partial charge in [-0.1, -0.05) is 48.5 Å². The average Bonchev–Trinajstić information content (AvgIpc) is 3.16. The summed E-state index contributed by atoms with van der Waals surface area (Å²) < 4.78 is 4.80. The summed E-state index contributed by atoms with van der Waals surface area (Å²) in [5, 5.41) is 9.49. The second-order valence-corrected chi connectivity index (χ2v) is 7.50. The van der Waals surface area contributed by atoms with Crippen LogP contribution >= 0.6 is 0 Å². The van der Waals surface area contributed by atoms with Gasteiger partial charge in [-0.3, -0.25) is 4.79 Å². The zero-order chi connectivity index (χ0) is 22.5. The Hall–Kier alpha value is -3.90. The fraction of sp³-hybridized carbons (Fsp3) is 0.154. The van der Waals surface area contributed by atoms with E-state index in [0.29, 0.717) is 22.5 Å². The number of benzene rings is 3. The van der Waals surface area contributed by atoms with Crippen LogP contribution in [-0.4, -0.2) is 32.6 Å². The van der Waals surface area contributed by atoms with E-state index < -0.39 is 5.97 Å². The first-order valence-corrected chi connectivity index (χ1v) is 10.4. The zero-order valence-corrected chi connectivity index (χ0v) is 18.1. The van der Waals surface area contributed by atoms with E-state index in [1.807, 2.05) is 49.5 Å². The van der Waals surface area contributed by atoms with Crippen LogP contribution in [-0.2, 0) is 16.0 Å². The van der Waals surface area contributed by atoms with Gasteiger partial charge in [0.05, 0.1) is 29.6 Å². The number of esters is 1. The van der Waals surface area contributed by atoms with E-state index in [0.717, 1.165) is 29.8 Å². The predicted octanol–water partition coefficient (Wildman–Crippen LogP) is 4.17. The lowest BCUT2D eigenvalue weighted by Crippen LogP contribution is -2.11. The smallest absolute Gasteiger partial charge is 0.337 e. The molecule has 0 aromatic heterocycles. The van der Waals surface area contributed by atoms with Crippen LogP contribution in [0.15, 0.2) is 72.8 Å². The van der Waals surface area contributed by atoms with E-state index in [-0.39, 0.29) is 5.91 Å². The molecule has 1 amide bonds. The number of hydrogen-bond acceptors (Lipinski definition) is 5. The van der Waals surface area contributed by atoms with Crippen LogP contribution in [0.4, 0.5) is 11.4 Å². The molecule has 0 radical (unpaired) electrons. The van der Waals surface area contributed by atoms with Crippen molar-refractivity contribution in [2.75, 3.05) is 31.3 Å². The SMILES string of the molecule is CNCCc1ccc(N/C(=C2\C(=O)Nc3cc(C(=O)OC)ccc32)c2ccccc2)cc1. The van der Waals surface area contributed by atoms with Gasteiger partial charge in [-0.15, -0.1) is 0 Å². The Balaban J connectivity index is 1.76. The van der Waals surface area contributed by atoms with E-state index in [9.17, 15) is 9.59 Å². The molecule has 0 spiro atoms.